The maximum Gasteiger partial charge on any atom is 0.232 e. The minimum Gasteiger partial charge on any atom is -0.394 e. The van der Waals surface area contributed by atoms with E-state index in [1.807, 2.05) is 0 Å². The van der Waals surface area contributed by atoms with Crippen LogP contribution in [0.1, 0.15) is 26.5 Å². The molecule has 1 aromatic heterocycles. The van der Waals surface area contributed by atoms with Crippen LogP contribution in [0.5, 0.6) is 0 Å². The lowest BCUT2D eigenvalue weighted by Crippen LogP contribution is -2.27. The van der Waals surface area contributed by atoms with E-state index in [0.29, 0.717) is 11.3 Å². The summed E-state index contributed by atoms with van der Waals surface area (Å²) in [5, 5.41) is 15.0. The third kappa shape index (κ3) is 4.84. The molecule has 0 atom stereocenters. The molecule has 6 nitrogen and oxygen atoms in total. The first-order chi connectivity index (χ1) is 8.84. The van der Waals surface area contributed by atoms with Crippen LogP contribution in [0, 0.1) is 5.41 Å². The molecule has 0 fully saturated rings. The smallest absolute Gasteiger partial charge is 0.232 e. The van der Waals surface area contributed by atoms with E-state index >= 15 is 0 Å². The van der Waals surface area contributed by atoms with Crippen LogP contribution >= 0.6 is 0 Å². The Morgan fingerprint density at radius 2 is 2.26 bits per heavy atom. The number of amides is 1. The van der Waals surface area contributed by atoms with Crippen molar-refractivity contribution in [3.63, 3.8) is 0 Å². The predicted octanol–water partition coefficient (Wildman–Crippen LogP) is 1.68. The topological polar surface area (TPSA) is 84.6 Å². The van der Waals surface area contributed by atoms with Gasteiger partial charge in [-0.15, -0.1) is 0 Å². The molecule has 6 heteroatoms. The van der Waals surface area contributed by atoms with Gasteiger partial charge < -0.3 is 14.4 Å². The molecule has 0 saturated carbocycles. The molecular weight excluding hydrogens is 248 g/mol. The summed E-state index contributed by atoms with van der Waals surface area (Å²) in [6.07, 6.45) is 0. The van der Waals surface area contributed by atoms with Crippen LogP contribution in [-0.4, -0.2) is 36.0 Å². The molecule has 19 heavy (non-hydrogen) atoms. The molecule has 0 aliphatic carbocycles. The number of carbonyl (C=O) groups excluding carboxylic acids is 1. The molecular formula is C13H20N2O4. The van der Waals surface area contributed by atoms with Gasteiger partial charge in [0.25, 0.3) is 0 Å². The number of nitrogens with one attached hydrogen (secondary N) is 1. The second-order valence-electron chi connectivity index (χ2n) is 5.16. The van der Waals surface area contributed by atoms with Crippen LogP contribution in [-0.2, 0) is 9.53 Å². The fourth-order valence-electron chi connectivity index (χ4n) is 1.13. The summed E-state index contributed by atoms with van der Waals surface area (Å²) < 4.78 is 10.1. The van der Waals surface area contributed by atoms with Gasteiger partial charge >= 0.3 is 0 Å². The van der Waals surface area contributed by atoms with Crippen LogP contribution in [0.2, 0.25) is 0 Å². The Kier molecular flexibility index (Phi) is 5.26. The Hall–Kier alpha value is -1.66. The summed E-state index contributed by atoms with van der Waals surface area (Å²) in [6.45, 7) is 9.66. The van der Waals surface area contributed by atoms with Gasteiger partial charge in [-0.1, -0.05) is 32.5 Å². The molecule has 2 N–H and O–H groups in total. The third-order valence-corrected chi connectivity index (χ3v) is 2.30. The molecule has 0 aliphatic heterocycles. The first kappa shape index (κ1) is 15.4. The second kappa shape index (κ2) is 6.49. The Labute approximate surface area is 112 Å². The quantitative estimate of drug-likeness (QED) is 0.767. The number of aromatic nitrogens is 1. The maximum atomic E-state index is 11.8. The van der Waals surface area contributed by atoms with Gasteiger partial charge in [0.05, 0.1) is 19.8 Å². The van der Waals surface area contributed by atoms with Gasteiger partial charge in [0.15, 0.2) is 0 Å². The monoisotopic (exact) mass is 268 g/mol. The molecule has 0 unspecified atom stereocenters. The van der Waals surface area contributed by atoms with Crippen molar-refractivity contribution in [3.8, 4) is 0 Å². The zero-order valence-corrected chi connectivity index (χ0v) is 11.5. The Bertz CT molecular complexity index is 446. The molecule has 0 bridgehead atoms. The highest BCUT2D eigenvalue weighted by Crippen LogP contribution is 2.20. The number of hydrogen-bond donors (Lipinski definition) is 2. The molecule has 1 heterocycles. The van der Waals surface area contributed by atoms with E-state index in [4.69, 9.17) is 14.4 Å². The first-order valence-corrected chi connectivity index (χ1v) is 5.99. The number of carbonyl (C=O) groups is 1. The fraction of sp³-hybridized carbons (Fsp3) is 0.538. The van der Waals surface area contributed by atoms with E-state index in [2.05, 4.69) is 17.1 Å². The van der Waals surface area contributed by atoms with Crippen LogP contribution in [0.3, 0.4) is 0 Å². The minimum absolute atomic E-state index is 0.0427. The number of hydrogen-bond acceptors (Lipinski definition) is 5. The second-order valence-corrected chi connectivity index (χ2v) is 5.16. The van der Waals surface area contributed by atoms with Crippen LogP contribution in [0.25, 0.3) is 5.57 Å². The molecule has 0 aromatic carbocycles. The number of aliphatic hydroxyl groups is 1. The largest absolute Gasteiger partial charge is 0.394 e. The zero-order chi connectivity index (χ0) is 14.5. The van der Waals surface area contributed by atoms with Crippen LogP contribution in [0.15, 0.2) is 17.2 Å². The van der Waals surface area contributed by atoms with Crippen molar-refractivity contribution in [2.45, 2.75) is 20.8 Å². The number of nitrogens with zero attached hydrogens (tertiary/aromatic N) is 1. The van der Waals surface area contributed by atoms with E-state index in [1.54, 1.807) is 26.8 Å². The van der Waals surface area contributed by atoms with Gasteiger partial charge in [0, 0.05) is 11.5 Å². The lowest BCUT2D eigenvalue weighted by Gasteiger charge is -2.15. The van der Waals surface area contributed by atoms with E-state index < -0.39 is 5.41 Å². The highest BCUT2D eigenvalue weighted by atomic mass is 16.5. The summed E-state index contributed by atoms with van der Waals surface area (Å²) in [7, 11) is 0. The van der Waals surface area contributed by atoms with Crippen molar-refractivity contribution in [1.29, 1.82) is 0 Å². The van der Waals surface area contributed by atoms with Crippen LogP contribution < -0.4 is 5.32 Å². The molecule has 1 rings (SSSR count). The van der Waals surface area contributed by atoms with E-state index in [9.17, 15) is 4.79 Å². The van der Waals surface area contributed by atoms with Crippen molar-refractivity contribution in [2.24, 2.45) is 5.41 Å². The van der Waals surface area contributed by atoms with Crippen molar-refractivity contribution in [2.75, 3.05) is 25.1 Å². The lowest BCUT2D eigenvalue weighted by molar-refractivity contribution is -0.123. The summed E-state index contributed by atoms with van der Waals surface area (Å²) in [4.78, 5) is 11.8. The van der Waals surface area contributed by atoms with Crippen molar-refractivity contribution in [3.05, 3.63) is 18.3 Å². The molecule has 1 amide bonds. The van der Waals surface area contributed by atoms with Crippen LogP contribution in [0.4, 0.5) is 5.88 Å². The van der Waals surface area contributed by atoms with Gasteiger partial charge in [0.1, 0.15) is 5.69 Å². The SMILES string of the molecule is C=C(COCCO)c1cc(NC(=O)C(C)(C)C)on1. The Balaban J connectivity index is 2.57. The van der Waals surface area contributed by atoms with Gasteiger partial charge in [-0.05, 0) is 5.57 Å². The number of rotatable bonds is 6. The highest BCUT2D eigenvalue weighted by molar-refractivity contribution is 5.93. The van der Waals surface area contributed by atoms with E-state index in [0.717, 1.165) is 0 Å². The summed E-state index contributed by atoms with van der Waals surface area (Å²) in [5.74, 6) is 0.121. The van der Waals surface area contributed by atoms with Crippen molar-refractivity contribution < 1.29 is 19.2 Å². The summed E-state index contributed by atoms with van der Waals surface area (Å²) >= 11 is 0. The highest BCUT2D eigenvalue weighted by Gasteiger charge is 2.22. The van der Waals surface area contributed by atoms with E-state index in [-0.39, 0.29) is 31.6 Å². The molecule has 106 valence electrons. The maximum absolute atomic E-state index is 11.8. The van der Waals surface area contributed by atoms with E-state index in [1.165, 1.54) is 0 Å². The van der Waals surface area contributed by atoms with Gasteiger partial charge in [-0.25, -0.2) is 0 Å². The van der Waals surface area contributed by atoms with Gasteiger partial charge in [-0.2, -0.15) is 0 Å². The van der Waals surface area contributed by atoms with Crippen molar-refractivity contribution in [1.82, 2.24) is 5.16 Å². The molecule has 1 aromatic rings. The molecule has 0 radical (unpaired) electrons. The first-order valence-electron chi connectivity index (χ1n) is 5.99. The standard InChI is InChI=1S/C13H20N2O4/c1-9(8-18-6-5-16)10-7-11(19-15-10)14-12(17)13(2,3)4/h7,16H,1,5-6,8H2,2-4H3,(H,14,17). The Morgan fingerprint density at radius 1 is 1.58 bits per heavy atom. The van der Waals surface area contributed by atoms with Gasteiger partial charge in [-0.3, -0.25) is 10.1 Å². The molecule has 0 spiro atoms. The average molecular weight is 268 g/mol. The average Bonchev–Trinajstić information content (AvgIpc) is 2.76. The summed E-state index contributed by atoms with van der Waals surface area (Å²) in [5.41, 5.74) is 0.629. The Morgan fingerprint density at radius 3 is 2.84 bits per heavy atom. The molecule has 0 saturated heterocycles. The molecule has 0 aliphatic rings. The predicted molar refractivity (Wildman–Crippen MR) is 71.5 cm³/mol. The minimum atomic E-state index is -0.506. The normalized spacial score (nSPS) is 11.4. The zero-order valence-electron chi connectivity index (χ0n) is 11.5. The lowest BCUT2D eigenvalue weighted by atomic mass is 9.96. The number of anilines is 1. The number of aliphatic hydroxyl groups excluding tert-OH is 1. The van der Waals surface area contributed by atoms with Gasteiger partial charge in [0.2, 0.25) is 11.8 Å². The van der Waals surface area contributed by atoms with Crippen molar-refractivity contribution >= 4 is 17.4 Å². The fourth-order valence-corrected chi connectivity index (χ4v) is 1.13. The summed E-state index contributed by atoms with van der Waals surface area (Å²) in [6, 6.07) is 1.59. The third-order valence-electron chi connectivity index (χ3n) is 2.30. The number of ether oxygens (including phenoxy) is 1.